The Morgan fingerprint density at radius 3 is 2.63 bits per heavy atom. The van der Waals surface area contributed by atoms with Crippen LogP contribution in [-0.4, -0.2) is 29.9 Å². The maximum atomic E-state index is 12.1. The van der Waals surface area contributed by atoms with Crippen molar-refractivity contribution >= 4 is 12.0 Å². The first-order valence-corrected chi connectivity index (χ1v) is 6.86. The molecule has 3 heteroatoms. The molecule has 0 unspecified atom stereocenters. The molecule has 1 aromatic rings. The third kappa shape index (κ3) is 3.67. The van der Waals surface area contributed by atoms with Crippen LogP contribution in [0.1, 0.15) is 29.5 Å². The van der Waals surface area contributed by atoms with Gasteiger partial charge in [0.2, 0.25) is 5.91 Å². The molecule has 102 valence electrons. The van der Waals surface area contributed by atoms with Crippen molar-refractivity contribution in [2.45, 2.75) is 32.7 Å². The van der Waals surface area contributed by atoms with Crippen molar-refractivity contribution < 1.29 is 4.79 Å². The number of nitrogens with zero attached hydrogens (tertiary/aromatic N) is 1. The summed E-state index contributed by atoms with van der Waals surface area (Å²) in [7, 11) is 0. The molecule has 1 amide bonds. The molecular formula is C16H22N2O. The molecule has 1 aliphatic heterocycles. The van der Waals surface area contributed by atoms with Crippen molar-refractivity contribution in [3.05, 3.63) is 41.0 Å². The molecule has 1 fully saturated rings. The number of aryl methyl sites for hydroxylation is 2. The summed E-state index contributed by atoms with van der Waals surface area (Å²) in [5.41, 5.74) is 9.38. The average molecular weight is 258 g/mol. The number of likely N-dealkylation sites (tertiary alicyclic amines) is 1. The molecule has 0 radical (unpaired) electrons. The summed E-state index contributed by atoms with van der Waals surface area (Å²) in [4.78, 5) is 13.9. The normalized spacial score (nSPS) is 17.1. The number of carbonyl (C=O) groups is 1. The van der Waals surface area contributed by atoms with E-state index >= 15 is 0 Å². The molecule has 2 N–H and O–H groups in total. The number of nitrogens with two attached hydrogens (primary N) is 1. The van der Waals surface area contributed by atoms with Gasteiger partial charge >= 0.3 is 0 Å². The van der Waals surface area contributed by atoms with Crippen LogP contribution >= 0.6 is 0 Å². The van der Waals surface area contributed by atoms with Crippen LogP contribution in [0.4, 0.5) is 0 Å². The van der Waals surface area contributed by atoms with Gasteiger partial charge in [-0.25, -0.2) is 0 Å². The number of rotatable bonds is 2. The first kappa shape index (κ1) is 13.8. The topological polar surface area (TPSA) is 46.3 Å². The second-order valence-corrected chi connectivity index (χ2v) is 5.36. The van der Waals surface area contributed by atoms with E-state index in [4.69, 9.17) is 5.73 Å². The molecule has 0 saturated carbocycles. The Morgan fingerprint density at radius 1 is 1.32 bits per heavy atom. The largest absolute Gasteiger partial charge is 0.339 e. The van der Waals surface area contributed by atoms with Gasteiger partial charge in [-0.2, -0.15) is 0 Å². The number of hydrogen-bond donors (Lipinski definition) is 1. The van der Waals surface area contributed by atoms with Crippen molar-refractivity contribution in [2.75, 3.05) is 13.1 Å². The number of amides is 1. The highest BCUT2D eigenvalue weighted by Crippen LogP contribution is 2.13. The quantitative estimate of drug-likeness (QED) is 0.827. The highest BCUT2D eigenvalue weighted by atomic mass is 16.2. The summed E-state index contributed by atoms with van der Waals surface area (Å²) in [5, 5.41) is 0. The van der Waals surface area contributed by atoms with Crippen molar-refractivity contribution in [1.82, 2.24) is 4.90 Å². The van der Waals surface area contributed by atoms with Gasteiger partial charge in [-0.05, 0) is 43.9 Å². The van der Waals surface area contributed by atoms with Crippen LogP contribution in [0.5, 0.6) is 0 Å². The van der Waals surface area contributed by atoms with Gasteiger partial charge in [0.15, 0.2) is 0 Å². The first-order chi connectivity index (χ1) is 9.06. The van der Waals surface area contributed by atoms with Gasteiger partial charge in [0.05, 0.1) is 0 Å². The van der Waals surface area contributed by atoms with Gasteiger partial charge in [-0.1, -0.05) is 23.8 Å². The van der Waals surface area contributed by atoms with Gasteiger partial charge in [-0.3, -0.25) is 4.79 Å². The van der Waals surface area contributed by atoms with E-state index in [0.717, 1.165) is 31.5 Å². The molecule has 19 heavy (non-hydrogen) atoms. The van der Waals surface area contributed by atoms with Gasteiger partial charge in [0.25, 0.3) is 0 Å². The molecule has 1 aliphatic rings. The number of carbonyl (C=O) groups excluding carboxylic acids is 1. The zero-order valence-electron chi connectivity index (χ0n) is 11.7. The highest BCUT2D eigenvalue weighted by Gasteiger charge is 2.18. The highest BCUT2D eigenvalue weighted by molar-refractivity contribution is 5.92. The number of hydrogen-bond acceptors (Lipinski definition) is 2. The molecular weight excluding hydrogens is 236 g/mol. The van der Waals surface area contributed by atoms with Gasteiger partial charge in [-0.15, -0.1) is 0 Å². The van der Waals surface area contributed by atoms with Crippen LogP contribution in [0.2, 0.25) is 0 Å². The van der Waals surface area contributed by atoms with Crippen LogP contribution < -0.4 is 5.73 Å². The summed E-state index contributed by atoms with van der Waals surface area (Å²) in [6.45, 7) is 5.69. The van der Waals surface area contributed by atoms with Crippen molar-refractivity contribution in [1.29, 1.82) is 0 Å². The minimum Gasteiger partial charge on any atom is -0.339 e. The standard InChI is InChI=1S/C16H22N2O/c1-12-3-4-14(13(2)11-12)5-6-16(19)18-9-7-15(17)8-10-18/h3-6,11,15H,7-10,17H2,1-2H3. The molecule has 1 saturated heterocycles. The molecule has 1 aromatic carbocycles. The summed E-state index contributed by atoms with van der Waals surface area (Å²) < 4.78 is 0. The van der Waals surface area contributed by atoms with Crippen LogP contribution in [0.15, 0.2) is 24.3 Å². The summed E-state index contributed by atoms with van der Waals surface area (Å²) in [6, 6.07) is 6.51. The predicted octanol–water partition coefficient (Wildman–Crippen LogP) is 2.27. The molecule has 0 aliphatic carbocycles. The lowest BCUT2D eigenvalue weighted by Gasteiger charge is -2.29. The Balaban J connectivity index is 2.00. The smallest absolute Gasteiger partial charge is 0.246 e. The second-order valence-electron chi connectivity index (χ2n) is 5.36. The molecule has 2 rings (SSSR count). The molecule has 3 nitrogen and oxygen atoms in total. The maximum absolute atomic E-state index is 12.1. The molecule has 1 heterocycles. The van der Waals surface area contributed by atoms with E-state index in [2.05, 4.69) is 32.0 Å². The lowest BCUT2D eigenvalue weighted by molar-refractivity contribution is -0.126. The van der Waals surface area contributed by atoms with Gasteiger partial charge in [0, 0.05) is 25.2 Å². The summed E-state index contributed by atoms with van der Waals surface area (Å²) in [6.07, 6.45) is 5.40. The average Bonchev–Trinajstić information content (AvgIpc) is 2.38. The Morgan fingerprint density at radius 2 is 2.00 bits per heavy atom. The Kier molecular flexibility index (Phi) is 4.38. The van der Waals surface area contributed by atoms with E-state index in [0.29, 0.717) is 0 Å². The molecule has 0 atom stereocenters. The predicted molar refractivity (Wildman–Crippen MR) is 78.7 cm³/mol. The monoisotopic (exact) mass is 258 g/mol. The van der Waals surface area contributed by atoms with Crippen LogP contribution in [-0.2, 0) is 4.79 Å². The van der Waals surface area contributed by atoms with E-state index < -0.39 is 0 Å². The summed E-state index contributed by atoms with van der Waals surface area (Å²) >= 11 is 0. The van der Waals surface area contributed by atoms with Crippen molar-refractivity contribution in [3.63, 3.8) is 0 Å². The summed E-state index contributed by atoms with van der Waals surface area (Å²) in [5.74, 6) is 0.0897. The second kappa shape index (κ2) is 6.02. The number of benzene rings is 1. The Hall–Kier alpha value is -1.61. The van der Waals surface area contributed by atoms with Crippen LogP contribution in [0.3, 0.4) is 0 Å². The Bertz CT molecular complexity index is 486. The third-order valence-electron chi connectivity index (χ3n) is 3.68. The zero-order valence-corrected chi connectivity index (χ0v) is 11.7. The minimum atomic E-state index is 0.0897. The van der Waals surface area contributed by atoms with Crippen LogP contribution in [0.25, 0.3) is 6.08 Å². The van der Waals surface area contributed by atoms with Gasteiger partial charge < -0.3 is 10.6 Å². The zero-order chi connectivity index (χ0) is 13.8. The fourth-order valence-electron chi connectivity index (χ4n) is 2.40. The van der Waals surface area contributed by atoms with E-state index in [1.54, 1.807) is 6.08 Å². The first-order valence-electron chi connectivity index (χ1n) is 6.86. The fraction of sp³-hybridized carbons (Fsp3) is 0.438. The lowest BCUT2D eigenvalue weighted by atomic mass is 10.0. The van der Waals surface area contributed by atoms with E-state index in [1.165, 1.54) is 11.1 Å². The van der Waals surface area contributed by atoms with E-state index in [9.17, 15) is 4.79 Å². The Labute approximate surface area is 115 Å². The molecule has 0 bridgehead atoms. The van der Waals surface area contributed by atoms with Gasteiger partial charge in [0.1, 0.15) is 0 Å². The van der Waals surface area contributed by atoms with Crippen molar-refractivity contribution in [2.24, 2.45) is 5.73 Å². The lowest BCUT2D eigenvalue weighted by Crippen LogP contribution is -2.42. The molecule has 0 aromatic heterocycles. The van der Waals surface area contributed by atoms with Crippen LogP contribution in [0, 0.1) is 13.8 Å². The number of piperidine rings is 1. The molecule has 0 spiro atoms. The SMILES string of the molecule is Cc1ccc(C=CC(=O)N2CCC(N)CC2)c(C)c1. The fourth-order valence-corrected chi connectivity index (χ4v) is 2.40. The van der Waals surface area contributed by atoms with E-state index in [-0.39, 0.29) is 11.9 Å². The third-order valence-corrected chi connectivity index (χ3v) is 3.68. The minimum absolute atomic E-state index is 0.0897. The van der Waals surface area contributed by atoms with E-state index in [1.807, 2.05) is 11.0 Å². The van der Waals surface area contributed by atoms with Crippen molar-refractivity contribution in [3.8, 4) is 0 Å². The maximum Gasteiger partial charge on any atom is 0.246 e.